The summed E-state index contributed by atoms with van der Waals surface area (Å²) in [6.07, 6.45) is -0.497. The summed E-state index contributed by atoms with van der Waals surface area (Å²) in [6.45, 7) is 2.46. The normalized spacial score (nSPS) is 17.9. The number of esters is 2. The monoisotopic (exact) mass is 265 g/mol. The molecular formula is C13H15NO5. The highest BCUT2D eigenvalue weighted by Crippen LogP contribution is 2.26. The van der Waals surface area contributed by atoms with Crippen molar-refractivity contribution in [3.63, 3.8) is 0 Å². The molecule has 2 N–H and O–H groups in total. The molecule has 2 rings (SSSR count). The summed E-state index contributed by atoms with van der Waals surface area (Å²) >= 11 is 0. The van der Waals surface area contributed by atoms with E-state index in [-0.39, 0.29) is 17.9 Å². The van der Waals surface area contributed by atoms with Gasteiger partial charge in [0.2, 0.25) is 6.10 Å². The lowest BCUT2D eigenvalue weighted by Crippen LogP contribution is -2.23. The molecule has 102 valence electrons. The van der Waals surface area contributed by atoms with Gasteiger partial charge in [-0.05, 0) is 19.1 Å². The molecule has 19 heavy (non-hydrogen) atoms. The lowest BCUT2D eigenvalue weighted by Gasteiger charge is -2.13. The van der Waals surface area contributed by atoms with Gasteiger partial charge in [0.05, 0.1) is 13.2 Å². The number of ether oxygens (including phenoxy) is 3. The van der Waals surface area contributed by atoms with Crippen LogP contribution >= 0.6 is 0 Å². The molecule has 6 heteroatoms. The molecule has 1 atom stereocenters. The molecule has 1 unspecified atom stereocenters. The number of nitrogens with two attached hydrogens (primary N) is 1. The molecule has 1 heterocycles. The van der Waals surface area contributed by atoms with Gasteiger partial charge in [-0.15, -0.1) is 0 Å². The number of rotatable bonds is 4. The minimum absolute atomic E-state index is 0.143. The van der Waals surface area contributed by atoms with Gasteiger partial charge in [-0.25, -0.2) is 9.59 Å². The highest BCUT2D eigenvalue weighted by Gasteiger charge is 2.32. The Morgan fingerprint density at radius 1 is 1.53 bits per heavy atom. The van der Waals surface area contributed by atoms with E-state index < -0.39 is 18.0 Å². The molecule has 0 bridgehead atoms. The van der Waals surface area contributed by atoms with Gasteiger partial charge in [0, 0.05) is 12.1 Å². The minimum Gasteiger partial charge on any atom is -0.493 e. The number of anilines is 1. The third kappa shape index (κ3) is 2.78. The van der Waals surface area contributed by atoms with Crippen molar-refractivity contribution in [2.75, 3.05) is 18.9 Å². The van der Waals surface area contributed by atoms with Crippen molar-refractivity contribution >= 4 is 17.6 Å². The van der Waals surface area contributed by atoms with E-state index in [9.17, 15) is 9.59 Å². The maximum Gasteiger partial charge on any atom is 0.347 e. The van der Waals surface area contributed by atoms with Crippen LogP contribution < -0.4 is 10.5 Å². The van der Waals surface area contributed by atoms with Crippen LogP contribution in [0.25, 0.3) is 0 Å². The quantitative estimate of drug-likeness (QED) is 0.648. The van der Waals surface area contributed by atoms with E-state index in [2.05, 4.69) is 0 Å². The van der Waals surface area contributed by atoms with Gasteiger partial charge >= 0.3 is 11.9 Å². The first-order valence-corrected chi connectivity index (χ1v) is 6.02. The molecule has 1 aromatic carbocycles. The molecule has 0 aliphatic carbocycles. The standard InChI is InChI=1S/C13H15NO5/c1-2-17-9-5-3-4-8(14)11(9)13(16)19-10-6-7-18-12(10)15/h3-5,10H,2,6-7,14H2,1H3. The first kappa shape index (κ1) is 13.2. The summed E-state index contributed by atoms with van der Waals surface area (Å²) in [6, 6.07) is 4.89. The van der Waals surface area contributed by atoms with Crippen LogP contribution in [-0.2, 0) is 14.3 Å². The number of hydrogen-bond donors (Lipinski definition) is 1. The third-order valence-electron chi connectivity index (χ3n) is 2.70. The summed E-state index contributed by atoms with van der Waals surface area (Å²) in [5.41, 5.74) is 6.16. The zero-order valence-electron chi connectivity index (χ0n) is 10.5. The molecular weight excluding hydrogens is 250 g/mol. The Kier molecular flexibility index (Phi) is 3.89. The fraction of sp³-hybridized carbons (Fsp3) is 0.385. The Morgan fingerprint density at radius 3 is 2.95 bits per heavy atom. The number of hydrogen-bond acceptors (Lipinski definition) is 6. The van der Waals surface area contributed by atoms with Crippen molar-refractivity contribution in [1.82, 2.24) is 0 Å². The van der Waals surface area contributed by atoms with Gasteiger partial charge in [-0.1, -0.05) is 6.07 Å². The number of cyclic esters (lactones) is 1. The average Bonchev–Trinajstić information content (AvgIpc) is 2.75. The second-order valence-electron chi connectivity index (χ2n) is 4.00. The van der Waals surface area contributed by atoms with Gasteiger partial charge < -0.3 is 19.9 Å². The molecule has 1 aromatic rings. The number of benzene rings is 1. The zero-order chi connectivity index (χ0) is 13.8. The highest BCUT2D eigenvalue weighted by molar-refractivity contribution is 5.99. The molecule has 1 aliphatic heterocycles. The topological polar surface area (TPSA) is 87.8 Å². The van der Waals surface area contributed by atoms with Crippen molar-refractivity contribution in [2.45, 2.75) is 19.4 Å². The van der Waals surface area contributed by atoms with Crippen molar-refractivity contribution in [3.05, 3.63) is 23.8 Å². The SMILES string of the molecule is CCOc1cccc(N)c1C(=O)OC1CCOC1=O. The van der Waals surface area contributed by atoms with Gasteiger partial charge in [0.25, 0.3) is 0 Å². The second kappa shape index (κ2) is 5.60. The largest absolute Gasteiger partial charge is 0.493 e. The fourth-order valence-corrected chi connectivity index (χ4v) is 1.81. The van der Waals surface area contributed by atoms with E-state index in [4.69, 9.17) is 19.9 Å². The molecule has 0 spiro atoms. The summed E-state index contributed by atoms with van der Waals surface area (Å²) in [5.74, 6) is -0.856. The number of nitrogen functional groups attached to an aromatic ring is 1. The average molecular weight is 265 g/mol. The van der Waals surface area contributed by atoms with E-state index in [1.807, 2.05) is 0 Å². The minimum atomic E-state index is -0.860. The Labute approximate surface area is 110 Å². The van der Waals surface area contributed by atoms with E-state index in [0.29, 0.717) is 18.8 Å². The Hall–Kier alpha value is -2.24. The Morgan fingerprint density at radius 2 is 2.32 bits per heavy atom. The zero-order valence-corrected chi connectivity index (χ0v) is 10.5. The molecule has 1 fully saturated rings. The van der Waals surface area contributed by atoms with E-state index in [1.165, 1.54) is 0 Å². The highest BCUT2D eigenvalue weighted by atomic mass is 16.6. The Bertz CT molecular complexity index is 500. The first-order chi connectivity index (χ1) is 9.13. The van der Waals surface area contributed by atoms with Crippen LogP contribution in [0.1, 0.15) is 23.7 Å². The fourth-order valence-electron chi connectivity index (χ4n) is 1.81. The molecule has 0 amide bonds. The van der Waals surface area contributed by atoms with Crippen LogP contribution in [0.3, 0.4) is 0 Å². The van der Waals surface area contributed by atoms with Crippen molar-refractivity contribution < 1.29 is 23.8 Å². The third-order valence-corrected chi connectivity index (χ3v) is 2.70. The Balaban J connectivity index is 2.20. The van der Waals surface area contributed by atoms with Crippen LogP contribution in [0, 0.1) is 0 Å². The lowest BCUT2D eigenvalue weighted by atomic mass is 10.1. The second-order valence-corrected chi connectivity index (χ2v) is 4.00. The molecule has 0 radical (unpaired) electrons. The van der Waals surface area contributed by atoms with Crippen LogP contribution in [-0.4, -0.2) is 31.3 Å². The van der Waals surface area contributed by atoms with E-state index in [1.54, 1.807) is 25.1 Å². The van der Waals surface area contributed by atoms with Gasteiger partial charge in [0.1, 0.15) is 11.3 Å². The van der Waals surface area contributed by atoms with E-state index >= 15 is 0 Å². The van der Waals surface area contributed by atoms with Crippen molar-refractivity contribution in [1.29, 1.82) is 0 Å². The summed E-state index contributed by atoms with van der Waals surface area (Å²) in [4.78, 5) is 23.3. The summed E-state index contributed by atoms with van der Waals surface area (Å²) in [5, 5.41) is 0. The number of carbonyl (C=O) groups excluding carboxylic acids is 2. The van der Waals surface area contributed by atoms with Crippen LogP contribution in [0.2, 0.25) is 0 Å². The first-order valence-electron chi connectivity index (χ1n) is 6.02. The summed E-state index contributed by atoms with van der Waals surface area (Å²) < 4.78 is 15.2. The van der Waals surface area contributed by atoms with Crippen LogP contribution in [0.5, 0.6) is 5.75 Å². The van der Waals surface area contributed by atoms with Crippen molar-refractivity contribution in [2.24, 2.45) is 0 Å². The number of carbonyl (C=O) groups is 2. The van der Waals surface area contributed by atoms with E-state index in [0.717, 1.165) is 0 Å². The predicted molar refractivity (Wildman–Crippen MR) is 66.8 cm³/mol. The van der Waals surface area contributed by atoms with Crippen molar-refractivity contribution in [3.8, 4) is 5.75 Å². The van der Waals surface area contributed by atoms with Gasteiger partial charge in [-0.2, -0.15) is 0 Å². The molecule has 1 saturated heterocycles. The van der Waals surface area contributed by atoms with Gasteiger partial charge in [0.15, 0.2) is 0 Å². The maximum atomic E-state index is 12.1. The smallest absolute Gasteiger partial charge is 0.347 e. The van der Waals surface area contributed by atoms with Gasteiger partial charge in [-0.3, -0.25) is 0 Å². The lowest BCUT2D eigenvalue weighted by molar-refractivity contribution is -0.145. The molecule has 1 aliphatic rings. The van der Waals surface area contributed by atoms with Crippen LogP contribution in [0.4, 0.5) is 5.69 Å². The predicted octanol–water partition coefficient (Wildman–Crippen LogP) is 1.14. The molecule has 0 aromatic heterocycles. The summed E-state index contributed by atoms with van der Waals surface area (Å²) in [7, 11) is 0. The van der Waals surface area contributed by atoms with Crippen LogP contribution in [0.15, 0.2) is 18.2 Å². The maximum absolute atomic E-state index is 12.1. The molecule has 6 nitrogen and oxygen atoms in total. The molecule has 0 saturated carbocycles.